The summed E-state index contributed by atoms with van der Waals surface area (Å²) >= 11 is 5.91. The largest absolute Gasteiger partial charge is 0.337 e. The molecule has 116 valence electrons. The fourth-order valence-corrected chi connectivity index (χ4v) is 2.27. The molecule has 0 fully saturated rings. The average molecular weight is 317 g/mol. The molecule has 0 unspecified atom stereocenters. The van der Waals surface area contributed by atoms with Crippen molar-refractivity contribution >= 4 is 17.6 Å². The van der Waals surface area contributed by atoms with Crippen LogP contribution in [0.2, 0.25) is 5.02 Å². The van der Waals surface area contributed by atoms with Crippen LogP contribution in [0.5, 0.6) is 0 Å². The van der Waals surface area contributed by atoms with Gasteiger partial charge in [-0.1, -0.05) is 67.9 Å². The summed E-state index contributed by atoms with van der Waals surface area (Å²) in [6.45, 7) is 5.25. The summed E-state index contributed by atoms with van der Waals surface area (Å²) in [5, 5.41) is 6.50. The molecule has 0 heterocycles. The van der Waals surface area contributed by atoms with Gasteiger partial charge in [-0.2, -0.15) is 0 Å². The normalized spacial score (nSPS) is 11.0. The standard InChI is InChI=1S/C18H21ClN2O/c1-18(2,15-8-10-16(19)11-9-15)13-21-17(22)20-12-14-6-4-3-5-7-14/h3-11H,12-13H2,1-2H3,(H2,20,21,22). The van der Waals surface area contributed by atoms with Crippen LogP contribution in [0.4, 0.5) is 4.79 Å². The van der Waals surface area contributed by atoms with Crippen molar-refractivity contribution in [1.29, 1.82) is 0 Å². The van der Waals surface area contributed by atoms with E-state index in [1.165, 1.54) is 0 Å². The lowest BCUT2D eigenvalue weighted by Gasteiger charge is -2.25. The third-order valence-corrected chi connectivity index (χ3v) is 3.86. The highest BCUT2D eigenvalue weighted by molar-refractivity contribution is 6.30. The van der Waals surface area contributed by atoms with E-state index in [4.69, 9.17) is 11.6 Å². The van der Waals surface area contributed by atoms with Crippen LogP contribution in [0.1, 0.15) is 25.0 Å². The predicted molar refractivity (Wildman–Crippen MR) is 91.2 cm³/mol. The highest BCUT2D eigenvalue weighted by atomic mass is 35.5. The molecule has 2 aromatic rings. The predicted octanol–water partition coefficient (Wildman–Crippen LogP) is 4.12. The molecule has 0 aliphatic rings. The first kappa shape index (κ1) is 16.4. The Hall–Kier alpha value is -2.00. The van der Waals surface area contributed by atoms with Gasteiger partial charge in [-0.3, -0.25) is 0 Å². The van der Waals surface area contributed by atoms with Crippen molar-refractivity contribution in [2.24, 2.45) is 0 Å². The van der Waals surface area contributed by atoms with E-state index in [0.29, 0.717) is 18.1 Å². The molecular weight excluding hydrogens is 296 g/mol. The van der Waals surface area contributed by atoms with Crippen molar-refractivity contribution in [2.45, 2.75) is 25.8 Å². The van der Waals surface area contributed by atoms with Crippen LogP contribution < -0.4 is 10.6 Å². The van der Waals surface area contributed by atoms with E-state index in [2.05, 4.69) is 24.5 Å². The molecule has 2 N–H and O–H groups in total. The molecule has 2 aromatic carbocycles. The van der Waals surface area contributed by atoms with Crippen molar-refractivity contribution in [3.8, 4) is 0 Å². The number of hydrogen-bond donors (Lipinski definition) is 2. The number of amides is 2. The second-order valence-corrected chi connectivity index (χ2v) is 6.35. The lowest BCUT2D eigenvalue weighted by Crippen LogP contribution is -2.42. The zero-order chi connectivity index (χ0) is 16.0. The number of halogens is 1. The van der Waals surface area contributed by atoms with Crippen LogP contribution in [0.25, 0.3) is 0 Å². The van der Waals surface area contributed by atoms with Gasteiger partial charge in [0.05, 0.1) is 0 Å². The van der Waals surface area contributed by atoms with E-state index in [0.717, 1.165) is 11.1 Å². The average Bonchev–Trinajstić information content (AvgIpc) is 2.52. The van der Waals surface area contributed by atoms with Gasteiger partial charge >= 0.3 is 6.03 Å². The molecule has 0 bridgehead atoms. The minimum Gasteiger partial charge on any atom is -0.337 e. The third kappa shape index (κ3) is 4.78. The second-order valence-electron chi connectivity index (χ2n) is 5.91. The number of carbonyl (C=O) groups excluding carboxylic acids is 1. The van der Waals surface area contributed by atoms with Crippen molar-refractivity contribution in [3.63, 3.8) is 0 Å². The van der Waals surface area contributed by atoms with Gasteiger partial charge in [-0.05, 0) is 23.3 Å². The second kappa shape index (κ2) is 7.32. The van der Waals surface area contributed by atoms with E-state index >= 15 is 0 Å². The molecule has 2 amide bonds. The summed E-state index contributed by atoms with van der Waals surface area (Å²) in [5.41, 5.74) is 2.06. The Labute approximate surface area is 136 Å². The topological polar surface area (TPSA) is 41.1 Å². The number of hydrogen-bond acceptors (Lipinski definition) is 1. The van der Waals surface area contributed by atoms with Crippen molar-refractivity contribution in [2.75, 3.05) is 6.54 Å². The van der Waals surface area contributed by atoms with Crippen LogP contribution in [-0.2, 0) is 12.0 Å². The fourth-order valence-electron chi connectivity index (χ4n) is 2.15. The number of rotatable bonds is 5. The number of carbonyl (C=O) groups is 1. The summed E-state index contributed by atoms with van der Waals surface area (Å²) in [5.74, 6) is 0. The SMILES string of the molecule is CC(C)(CNC(=O)NCc1ccccc1)c1ccc(Cl)cc1. The Bertz CT molecular complexity index is 609. The Kier molecular flexibility index (Phi) is 5.45. The van der Waals surface area contributed by atoms with Crippen LogP contribution in [0.3, 0.4) is 0 Å². The van der Waals surface area contributed by atoms with Gasteiger partial charge in [0, 0.05) is 23.5 Å². The molecule has 0 aliphatic heterocycles. The fraction of sp³-hybridized carbons (Fsp3) is 0.278. The lowest BCUT2D eigenvalue weighted by atomic mass is 9.85. The van der Waals surface area contributed by atoms with Gasteiger partial charge in [0.25, 0.3) is 0 Å². The Balaban J connectivity index is 1.83. The molecule has 0 atom stereocenters. The maximum atomic E-state index is 11.9. The lowest BCUT2D eigenvalue weighted by molar-refractivity contribution is 0.238. The first-order valence-electron chi connectivity index (χ1n) is 7.29. The Morgan fingerprint density at radius 3 is 2.27 bits per heavy atom. The highest BCUT2D eigenvalue weighted by Crippen LogP contribution is 2.23. The Morgan fingerprint density at radius 1 is 1.00 bits per heavy atom. The minimum atomic E-state index is -0.161. The summed E-state index contributed by atoms with van der Waals surface area (Å²) in [6, 6.07) is 17.4. The van der Waals surface area contributed by atoms with Crippen LogP contribution in [0.15, 0.2) is 54.6 Å². The minimum absolute atomic E-state index is 0.158. The number of benzene rings is 2. The van der Waals surface area contributed by atoms with Crippen LogP contribution in [-0.4, -0.2) is 12.6 Å². The molecule has 2 rings (SSSR count). The van der Waals surface area contributed by atoms with E-state index in [1.807, 2.05) is 54.6 Å². The van der Waals surface area contributed by atoms with Gasteiger partial charge in [0.15, 0.2) is 0 Å². The smallest absolute Gasteiger partial charge is 0.315 e. The van der Waals surface area contributed by atoms with E-state index < -0.39 is 0 Å². The molecule has 0 aliphatic carbocycles. The maximum Gasteiger partial charge on any atom is 0.315 e. The summed E-state index contributed by atoms with van der Waals surface area (Å²) in [4.78, 5) is 11.9. The zero-order valence-corrected chi connectivity index (χ0v) is 13.7. The molecular formula is C18H21ClN2O. The molecule has 3 nitrogen and oxygen atoms in total. The molecule has 0 aromatic heterocycles. The quantitative estimate of drug-likeness (QED) is 0.856. The van der Waals surface area contributed by atoms with Gasteiger partial charge in [-0.15, -0.1) is 0 Å². The van der Waals surface area contributed by atoms with Crippen molar-refractivity contribution in [1.82, 2.24) is 10.6 Å². The number of nitrogens with one attached hydrogen (secondary N) is 2. The number of urea groups is 1. The third-order valence-electron chi connectivity index (χ3n) is 3.61. The van der Waals surface area contributed by atoms with Gasteiger partial charge < -0.3 is 10.6 Å². The first-order chi connectivity index (χ1) is 10.5. The monoisotopic (exact) mass is 316 g/mol. The van der Waals surface area contributed by atoms with E-state index in [1.54, 1.807) is 0 Å². The van der Waals surface area contributed by atoms with E-state index in [-0.39, 0.29) is 11.4 Å². The Morgan fingerprint density at radius 2 is 1.64 bits per heavy atom. The molecule has 22 heavy (non-hydrogen) atoms. The molecule has 0 saturated carbocycles. The van der Waals surface area contributed by atoms with Crippen molar-refractivity contribution < 1.29 is 4.79 Å². The first-order valence-corrected chi connectivity index (χ1v) is 7.67. The summed E-state index contributed by atoms with van der Waals surface area (Å²) in [6.07, 6.45) is 0. The van der Waals surface area contributed by atoms with Crippen LogP contribution >= 0.6 is 11.6 Å². The molecule has 0 radical (unpaired) electrons. The van der Waals surface area contributed by atoms with Gasteiger partial charge in [0.1, 0.15) is 0 Å². The highest BCUT2D eigenvalue weighted by Gasteiger charge is 2.21. The van der Waals surface area contributed by atoms with E-state index in [9.17, 15) is 4.79 Å². The molecule has 0 spiro atoms. The van der Waals surface area contributed by atoms with Gasteiger partial charge in [0.2, 0.25) is 0 Å². The van der Waals surface area contributed by atoms with Gasteiger partial charge in [-0.25, -0.2) is 4.79 Å². The molecule has 0 saturated heterocycles. The van der Waals surface area contributed by atoms with Crippen LogP contribution in [0, 0.1) is 0 Å². The summed E-state index contributed by atoms with van der Waals surface area (Å²) < 4.78 is 0. The maximum absolute atomic E-state index is 11.9. The van der Waals surface area contributed by atoms with Crippen molar-refractivity contribution in [3.05, 3.63) is 70.7 Å². The zero-order valence-electron chi connectivity index (χ0n) is 12.9. The summed E-state index contributed by atoms with van der Waals surface area (Å²) in [7, 11) is 0. The molecule has 4 heteroatoms.